The number of hydrogen-bond donors (Lipinski definition) is 2. The number of nitrogens with one attached hydrogen (secondary N) is 1. The number of amides is 1. The van der Waals surface area contributed by atoms with E-state index in [1.54, 1.807) is 18.3 Å². The SMILES string of the molecule is Cc1cc(-c2ccc(C(=O)NS(=O)(=O)c3cccc(N)n3)c(N3C[C@@H](C)CC3(C)C)n2)cnc1OCCOC(C)C.[HH].[HH].[HH]. The van der Waals surface area contributed by atoms with Crippen LogP contribution in [0, 0.1) is 12.8 Å². The van der Waals surface area contributed by atoms with Crippen molar-refractivity contribution in [1.29, 1.82) is 0 Å². The van der Waals surface area contributed by atoms with Gasteiger partial charge in [0.1, 0.15) is 18.2 Å². The summed E-state index contributed by atoms with van der Waals surface area (Å²) in [5.74, 6) is 0.483. The van der Waals surface area contributed by atoms with Crippen LogP contribution in [0.25, 0.3) is 11.3 Å². The molecular formula is C29H44N6O5S. The Hall–Kier alpha value is -3.77. The van der Waals surface area contributed by atoms with E-state index in [0.717, 1.165) is 17.5 Å². The van der Waals surface area contributed by atoms with Crippen molar-refractivity contribution in [2.75, 3.05) is 30.4 Å². The Morgan fingerprint density at radius 3 is 2.61 bits per heavy atom. The van der Waals surface area contributed by atoms with Gasteiger partial charge >= 0.3 is 0 Å². The third-order valence-corrected chi connectivity index (χ3v) is 8.03. The van der Waals surface area contributed by atoms with E-state index in [4.69, 9.17) is 20.2 Å². The first-order valence-corrected chi connectivity index (χ1v) is 15.0. The van der Waals surface area contributed by atoms with Crippen LogP contribution in [0.1, 0.15) is 61.2 Å². The maximum Gasteiger partial charge on any atom is 0.281 e. The largest absolute Gasteiger partial charge is 0.475 e. The molecule has 4 rings (SSSR count). The maximum atomic E-state index is 13.4. The lowest BCUT2D eigenvalue weighted by Gasteiger charge is -2.34. The van der Waals surface area contributed by atoms with Gasteiger partial charge in [-0.15, -0.1) is 0 Å². The first-order valence-electron chi connectivity index (χ1n) is 13.6. The molecule has 1 fully saturated rings. The van der Waals surface area contributed by atoms with Gasteiger partial charge in [-0.05, 0) is 77.3 Å². The zero-order chi connectivity index (χ0) is 29.9. The summed E-state index contributed by atoms with van der Waals surface area (Å²) in [6.07, 6.45) is 2.68. The van der Waals surface area contributed by atoms with Gasteiger partial charge in [0.2, 0.25) is 5.88 Å². The molecular weight excluding hydrogens is 544 g/mol. The second-order valence-corrected chi connectivity index (χ2v) is 12.9. The Morgan fingerprint density at radius 2 is 1.98 bits per heavy atom. The zero-order valence-electron chi connectivity index (χ0n) is 24.3. The molecule has 4 heterocycles. The Morgan fingerprint density at radius 1 is 1.22 bits per heavy atom. The van der Waals surface area contributed by atoms with E-state index < -0.39 is 15.9 Å². The van der Waals surface area contributed by atoms with Gasteiger partial charge in [0, 0.05) is 33.7 Å². The van der Waals surface area contributed by atoms with Crippen molar-refractivity contribution >= 4 is 27.6 Å². The number of carbonyl (C=O) groups excluding carboxylic acids is 1. The standard InChI is InChI=1S/C29H38N6O5S.3H2/c1-18(2)39-12-13-40-28-20(4)14-21(16-31-28)23-11-10-22(26(32-23)35-17-19(3)15-29(35,5)6)27(36)34-41(37,38)25-9-7-8-24(30)33-25;;;/h7-11,14,16,18-19H,12-13,15,17H2,1-6H3,(H2,30,33)(H,34,36);3*1H/t19-;;;/m0.../s1. The van der Waals surface area contributed by atoms with Crippen LogP contribution in [0.15, 0.2) is 47.6 Å². The topological polar surface area (TPSA) is 150 Å². The number of nitrogens with two attached hydrogens (primary N) is 1. The third kappa shape index (κ3) is 7.12. The van der Waals surface area contributed by atoms with Crippen molar-refractivity contribution in [2.45, 2.75) is 64.6 Å². The van der Waals surface area contributed by atoms with Crippen molar-refractivity contribution in [3.8, 4) is 17.1 Å². The summed E-state index contributed by atoms with van der Waals surface area (Å²) in [6, 6.07) is 9.41. The molecule has 1 aliphatic rings. The molecule has 12 heteroatoms. The monoisotopic (exact) mass is 588 g/mol. The second-order valence-electron chi connectivity index (χ2n) is 11.2. The van der Waals surface area contributed by atoms with Crippen molar-refractivity contribution in [2.24, 2.45) is 5.92 Å². The number of aromatic nitrogens is 3. The minimum Gasteiger partial charge on any atom is -0.475 e. The number of hydrogen-bond acceptors (Lipinski definition) is 10. The number of carbonyl (C=O) groups is 1. The Kier molecular flexibility index (Phi) is 8.83. The van der Waals surface area contributed by atoms with Crippen molar-refractivity contribution in [3.63, 3.8) is 0 Å². The number of pyridine rings is 3. The Bertz CT molecular complexity index is 1540. The Balaban J connectivity index is 0.00000323. The highest BCUT2D eigenvalue weighted by Gasteiger charge is 2.39. The number of rotatable bonds is 10. The normalized spacial score (nSPS) is 16.7. The predicted molar refractivity (Wildman–Crippen MR) is 164 cm³/mol. The molecule has 0 bridgehead atoms. The lowest BCUT2D eigenvalue weighted by Crippen LogP contribution is -2.41. The number of anilines is 2. The number of sulfonamides is 1. The summed E-state index contributed by atoms with van der Waals surface area (Å²) in [5.41, 5.74) is 7.65. The van der Waals surface area contributed by atoms with Crippen LogP contribution < -0.4 is 20.1 Å². The van der Waals surface area contributed by atoms with Crippen molar-refractivity contribution in [3.05, 3.63) is 53.7 Å². The average molecular weight is 589 g/mol. The van der Waals surface area contributed by atoms with E-state index >= 15 is 0 Å². The maximum absolute atomic E-state index is 13.4. The molecule has 3 N–H and O–H groups in total. The molecule has 11 nitrogen and oxygen atoms in total. The van der Waals surface area contributed by atoms with Crippen molar-refractivity contribution < 1.29 is 27.0 Å². The van der Waals surface area contributed by atoms with Gasteiger partial charge in [-0.25, -0.2) is 19.7 Å². The molecule has 1 saturated heterocycles. The van der Waals surface area contributed by atoms with E-state index in [0.29, 0.717) is 43.1 Å². The Labute approximate surface area is 246 Å². The first kappa shape index (κ1) is 30.2. The van der Waals surface area contributed by atoms with Gasteiger partial charge in [-0.3, -0.25) is 4.79 Å². The van der Waals surface area contributed by atoms with E-state index in [1.807, 2.05) is 26.8 Å². The minimum absolute atomic E-state index is 0. The molecule has 0 radical (unpaired) electrons. The number of aryl methyl sites for hydroxylation is 1. The van der Waals surface area contributed by atoms with Crippen LogP contribution in [0.4, 0.5) is 11.6 Å². The van der Waals surface area contributed by atoms with Crippen LogP contribution in [-0.2, 0) is 14.8 Å². The molecule has 0 unspecified atom stereocenters. The van der Waals surface area contributed by atoms with Crippen LogP contribution in [0.2, 0.25) is 0 Å². The summed E-state index contributed by atoms with van der Waals surface area (Å²) in [5, 5.41) is -0.341. The highest BCUT2D eigenvalue weighted by Crippen LogP contribution is 2.38. The molecule has 0 spiro atoms. The number of ether oxygens (including phenoxy) is 2. The van der Waals surface area contributed by atoms with Gasteiger partial charge in [0.05, 0.1) is 24.0 Å². The molecule has 1 aliphatic heterocycles. The fourth-order valence-corrected chi connectivity index (χ4v) is 5.98. The highest BCUT2D eigenvalue weighted by molar-refractivity contribution is 7.90. The molecule has 1 atom stereocenters. The molecule has 0 aliphatic carbocycles. The summed E-state index contributed by atoms with van der Waals surface area (Å²) >= 11 is 0. The summed E-state index contributed by atoms with van der Waals surface area (Å²) in [7, 11) is -4.27. The summed E-state index contributed by atoms with van der Waals surface area (Å²) < 4.78 is 39.3. The van der Waals surface area contributed by atoms with Gasteiger partial charge in [0.15, 0.2) is 5.03 Å². The van der Waals surface area contributed by atoms with E-state index in [9.17, 15) is 13.2 Å². The molecule has 1 amide bonds. The fraction of sp³-hybridized carbons (Fsp3) is 0.448. The van der Waals surface area contributed by atoms with Gasteiger partial charge < -0.3 is 20.1 Å². The molecule has 41 heavy (non-hydrogen) atoms. The fourth-order valence-electron chi connectivity index (χ4n) is 5.04. The van der Waals surface area contributed by atoms with Gasteiger partial charge in [-0.1, -0.05) is 13.0 Å². The summed E-state index contributed by atoms with van der Waals surface area (Å²) in [6.45, 7) is 13.6. The first-order chi connectivity index (χ1) is 19.3. The molecule has 3 aromatic rings. The van der Waals surface area contributed by atoms with Crippen LogP contribution >= 0.6 is 0 Å². The number of nitrogens with zero attached hydrogens (tertiary/aromatic N) is 4. The smallest absolute Gasteiger partial charge is 0.281 e. The molecule has 0 aromatic carbocycles. The van der Waals surface area contributed by atoms with Crippen LogP contribution in [-0.4, -0.2) is 60.7 Å². The van der Waals surface area contributed by atoms with Gasteiger partial charge in [-0.2, -0.15) is 8.42 Å². The quantitative estimate of drug-likeness (QED) is 0.319. The van der Waals surface area contributed by atoms with Crippen molar-refractivity contribution in [1.82, 2.24) is 19.7 Å². The zero-order valence-corrected chi connectivity index (χ0v) is 25.2. The van der Waals surface area contributed by atoms with Crippen LogP contribution in [0.3, 0.4) is 0 Å². The highest BCUT2D eigenvalue weighted by atomic mass is 32.2. The van der Waals surface area contributed by atoms with E-state index in [2.05, 4.69) is 40.4 Å². The number of nitrogen functional groups attached to an aromatic ring is 1. The van der Waals surface area contributed by atoms with E-state index in [1.165, 1.54) is 18.2 Å². The summed E-state index contributed by atoms with van der Waals surface area (Å²) in [4.78, 5) is 28.7. The molecule has 226 valence electrons. The van der Waals surface area contributed by atoms with E-state index in [-0.39, 0.29) is 32.3 Å². The van der Waals surface area contributed by atoms with Gasteiger partial charge in [0.25, 0.3) is 15.9 Å². The minimum atomic E-state index is -4.27. The lowest BCUT2D eigenvalue weighted by atomic mass is 9.97. The average Bonchev–Trinajstić information content (AvgIpc) is 3.18. The third-order valence-electron chi connectivity index (χ3n) is 6.80. The lowest BCUT2D eigenvalue weighted by molar-refractivity contribution is 0.0541. The van der Waals surface area contributed by atoms with Crippen LogP contribution in [0.5, 0.6) is 5.88 Å². The predicted octanol–water partition coefficient (Wildman–Crippen LogP) is 4.71. The molecule has 3 aromatic heterocycles. The second kappa shape index (κ2) is 12.0. The molecule has 0 saturated carbocycles.